The smallest absolute Gasteiger partial charge is 0.248 e. The summed E-state index contributed by atoms with van der Waals surface area (Å²) in [5.41, 5.74) is 11.8. The second-order valence-electron chi connectivity index (χ2n) is 4.33. The number of anilines is 1. The van der Waals surface area contributed by atoms with Gasteiger partial charge in [-0.1, -0.05) is 0 Å². The Balaban J connectivity index is 2.22. The van der Waals surface area contributed by atoms with Crippen LogP contribution >= 0.6 is 0 Å². The highest BCUT2D eigenvalue weighted by atomic mass is 19.1. The van der Waals surface area contributed by atoms with E-state index < -0.39 is 11.7 Å². The van der Waals surface area contributed by atoms with Gasteiger partial charge in [0.1, 0.15) is 24.2 Å². The van der Waals surface area contributed by atoms with Gasteiger partial charge in [0.25, 0.3) is 0 Å². The molecule has 0 radical (unpaired) electrons. The van der Waals surface area contributed by atoms with Gasteiger partial charge in [0, 0.05) is 16.8 Å². The van der Waals surface area contributed by atoms with Crippen LogP contribution < -0.4 is 16.2 Å². The van der Waals surface area contributed by atoms with Crippen molar-refractivity contribution in [2.45, 2.75) is 6.61 Å². The third-order valence-electron chi connectivity index (χ3n) is 2.84. The Bertz CT molecular complexity index is 738. The fourth-order valence-corrected chi connectivity index (χ4v) is 1.75. The average molecular weight is 285 g/mol. The van der Waals surface area contributed by atoms with E-state index in [4.69, 9.17) is 21.5 Å². The van der Waals surface area contributed by atoms with Gasteiger partial charge >= 0.3 is 0 Å². The monoisotopic (exact) mass is 285 g/mol. The quantitative estimate of drug-likeness (QED) is 0.838. The Hall–Kier alpha value is -3.07. The zero-order valence-electron chi connectivity index (χ0n) is 11.0. The minimum atomic E-state index is -0.651. The van der Waals surface area contributed by atoms with Crippen LogP contribution in [0.25, 0.3) is 0 Å². The number of carbonyl (C=O) groups is 1. The standard InChI is InChI=1S/C15H12FN3O2/c16-13-3-1-9(15(19)20)5-11(13)8-21-14-4-2-12(18)6-10(14)7-17/h1-6H,8,18H2,(H2,19,20). The van der Waals surface area contributed by atoms with E-state index in [2.05, 4.69) is 0 Å². The number of hydrogen-bond donors (Lipinski definition) is 2. The lowest BCUT2D eigenvalue weighted by Crippen LogP contribution is -2.12. The number of halogens is 1. The molecule has 0 spiro atoms. The molecule has 0 saturated carbocycles. The molecule has 0 heterocycles. The lowest BCUT2D eigenvalue weighted by molar-refractivity contribution is 0.1000. The number of ether oxygens (including phenoxy) is 1. The second kappa shape index (κ2) is 5.92. The Morgan fingerprint density at radius 2 is 2.05 bits per heavy atom. The Morgan fingerprint density at radius 1 is 1.29 bits per heavy atom. The largest absolute Gasteiger partial charge is 0.487 e. The highest BCUT2D eigenvalue weighted by molar-refractivity contribution is 5.92. The maximum Gasteiger partial charge on any atom is 0.248 e. The first-order valence-electron chi connectivity index (χ1n) is 6.02. The van der Waals surface area contributed by atoms with E-state index in [1.807, 2.05) is 6.07 Å². The first kappa shape index (κ1) is 14.3. The second-order valence-corrected chi connectivity index (χ2v) is 4.33. The van der Waals surface area contributed by atoms with Crippen molar-refractivity contribution in [2.24, 2.45) is 5.73 Å². The van der Waals surface area contributed by atoms with Crippen molar-refractivity contribution < 1.29 is 13.9 Å². The van der Waals surface area contributed by atoms with Crippen molar-refractivity contribution in [3.8, 4) is 11.8 Å². The molecular formula is C15H12FN3O2. The Labute approximate surface area is 120 Å². The van der Waals surface area contributed by atoms with Crippen LogP contribution in [0.5, 0.6) is 5.75 Å². The average Bonchev–Trinajstić information content (AvgIpc) is 2.47. The van der Waals surface area contributed by atoms with Crippen molar-refractivity contribution in [3.63, 3.8) is 0 Å². The van der Waals surface area contributed by atoms with E-state index in [1.54, 1.807) is 6.07 Å². The Kier molecular flexibility index (Phi) is 4.05. The number of nitrogen functional groups attached to an aromatic ring is 1. The third-order valence-corrected chi connectivity index (χ3v) is 2.84. The van der Waals surface area contributed by atoms with Crippen LogP contribution in [0.1, 0.15) is 21.5 Å². The molecule has 6 heteroatoms. The van der Waals surface area contributed by atoms with E-state index in [-0.39, 0.29) is 29.0 Å². The fraction of sp³-hybridized carbons (Fsp3) is 0.0667. The van der Waals surface area contributed by atoms with Crippen molar-refractivity contribution >= 4 is 11.6 Å². The minimum Gasteiger partial charge on any atom is -0.487 e. The van der Waals surface area contributed by atoms with E-state index in [0.717, 1.165) is 6.07 Å². The van der Waals surface area contributed by atoms with Gasteiger partial charge in [0.2, 0.25) is 5.91 Å². The predicted octanol–water partition coefficient (Wildman–Crippen LogP) is 1.96. The summed E-state index contributed by atoms with van der Waals surface area (Å²) in [6.07, 6.45) is 0. The number of benzene rings is 2. The van der Waals surface area contributed by atoms with Gasteiger partial charge in [-0.2, -0.15) is 5.26 Å². The van der Waals surface area contributed by atoms with Crippen LogP contribution in [0, 0.1) is 17.1 Å². The number of nitrogens with zero attached hydrogens (tertiary/aromatic N) is 1. The number of amides is 1. The molecule has 0 fully saturated rings. The highest BCUT2D eigenvalue weighted by Crippen LogP contribution is 2.22. The molecule has 0 aliphatic carbocycles. The normalized spacial score (nSPS) is 9.90. The van der Waals surface area contributed by atoms with Gasteiger partial charge < -0.3 is 16.2 Å². The molecule has 106 valence electrons. The van der Waals surface area contributed by atoms with Gasteiger partial charge in [-0.25, -0.2) is 4.39 Å². The van der Waals surface area contributed by atoms with Crippen LogP contribution in [-0.4, -0.2) is 5.91 Å². The summed E-state index contributed by atoms with van der Waals surface area (Å²) in [6, 6.07) is 10.3. The molecule has 0 bridgehead atoms. The minimum absolute atomic E-state index is 0.133. The van der Waals surface area contributed by atoms with Gasteiger partial charge in [0.15, 0.2) is 0 Å². The first-order valence-corrected chi connectivity index (χ1v) is 6.02. The third kappa shape index (κ3) is 3.28. The zero-order valence-corrected chi connectivity index (χ0v) is 11.0. The van der Waals surface area contributed by atoms with Gasteiger partial charge in [0.05, 0.1) is 5.56 Å². The fourth-order valence-electron chi connectivity index (χ4n) is 1.75. The maximum absolute atomic E-state index is 13.7. The summed E-state index contributed by atoms with van der Waals surface area (Å²) >= 11 is 0. The SMILES string of the molecule is N#Cc1cc(N)ccc1OCc1cc(C(N)=O)ccc1F. The van der Waals surface area contributed by atoms with E-state index in [1.165, 1.54) is 24.3 Å². The van der Waals surface area contributed by atoms with Crippen molar-refractivity contribution in [1.29, 1.82) is 5.26 Å². The topological polar surface area (TPSA) is 102 Å². The van der Waals surface area contributed by atoms with Crippen LogP contribution in [0.15, 0.2) is 36.4 Å². The number of carbonyl (C=O) groups excluding carboxylic acids is 1. The molecule has 21 heavy (non-hydrogen) atoms. The summed E-state index contributed by atoms with van der Waals surface area (Å²) in [6.45, 7) is -0.133. The van der Waals surface area contributed by atoms with Crippen molar-refractivity contribution in [3.05, 3.63) is 58.9 Å². The molecule has 4 N–H and O–H groups in total. The lowest BCUT2D eigenvalue weighted by Gasteiger charge is -2.10. The number of rotatable bonds is 4. The summed E-state index contributed by atoms with van der Waals surface area (Å²) < 4.78 is 19.1. The van der Waals surface area contributed by atoms with Crippen molar-refractivity contribution in [2.75, 3.05) is 5.73 Å². The summed E-state index contributed by atoms with van der Waals surface area (Å²) in [4.78, 5) is 11.1. The zero-order chi connectivity index (χ0) is 15.4. The molecule has 0 unspecified atom stereocenters. The van der Waals surface area contributed by atoms with Crippen LogP contribution in [0.4, 0.5) is 10.1 Å². The van der Waals surface area contributed by atoms with E-state index in [0.29, 0.717) is 5.69 Å². The van der Waals surface area contributed by atoms with E-state index in [9.17, 15) is 9.18 Å². The van der Waals surface area contributed by atoms with Crippen LogP contribution in [0.3, 0.4) is 0 Å². The molecule has 0 aliphatic rings. The number of nitrogens with two attached hydrogens (primary N) is 2. The van der Waals surface area contributed by atoms with Gasteiger partial charge in [-0.15, -0.1) is 0 Å². The molecule has 2 rings (SSSR count). The maximum atomic E-state index is 13.7. The molecule has 0 atom stereocenters. The molecule has 0 saturated heterocycles. The predicted molar refractivity (Wildman–Crippen MR) is 74.8 cm³/mol. The number of hydrogen-bond acceptors (Lipinski definition) is 4. The van der Waals surface area contributed by atoms with Crippen LogP contribution in [-0.2, 0) is 6.61 Å². The molecular weight excluding hydrogens is 273 g/mol. The molecule has 0 aliphatic heterocycles. The summed E-state index contributed by atoms with van der Waals surface area (Å²) in [5, 5.41) is 8.99. The summed E-state index contributed by atoms with van der Waals surface area (Å²) in [7, 11) is 0. The lowest BCUT2D eigenvalue weighted by atomic mass is 10.1. The molecule has 1 amide bonds. The van der Waals surface area contributed by atoms with Gasteiger partial charge in [-0.05, 0) is 36.4 Å². The number of primary amides is 1. The molecule has 0 aromatic heterocycles. The molecule has 2 aromatic rings. The number of nitriles is 1. The van der Waals surface area contributed by atoms with Crippen LogP contribution in [0.2, 0.25) is 0 Å². The van der Waals surface area contributed by atoms with Crippen molar-refractivity contribution in [1.82, 2.24) is 0 Å². The Morgan fingerprint density at radius 3 is 2.71 bits per heavy atom. The highest BCUT2D eigenvalue weighted by Gasteiger charge is 2.09. The van der Waals surface area contributed by atoms with Gasteiger partial charge in [-0.3, -0.25) is 4.79 Å². The van der Waals surface area contributed by atoms with E-state index >= 15 is 0 Å². The summed E-state index contributed by atoms with van der Waals surface area (Å²) in [5.74, 6) is -0.883. The first-order chi connectivity index (χ1) is 10.0. The molecule has 2 aromatic carbocycles. The molecule has 5 nitrogen and oxygen atoms in total.